The topological polar surface area (TPSA) is 71.1 Å². The van der Waals surface area contributed by atoms with E-state index in [0.29, 0.717) is 19.4 Å². The molecule has 19 heavy (non-hydrogen) atoms. The number of nitrogens with zero attached hydrogens (tertiary/aromatic N) is 1. The maximum absolute atomic E-state index is 11.7. The zero-order valence-electron chi connectivity index (χ0n) is 11.4. The number of hydrogen-bond donors (Lipinski definition) is 2. The molecule has 0 aromatic carbocycles. The molecule has 108 valence electrons. The molecular weight excluding hydrogens is 262 g/mol. The molecule has 0 unspecified atom stereocenters. The van der Waals surface area contributed by atoms with E-state index in [4.69, 9.17) is 0 Å². The summed E-state index contributed by atoms with van der Waals surface area (Å²) in [6.07, 6.45) is 5.82. The summed E-state index contributed by atoms with van der Waals surface area (Å²) in [6.45, 7) is 4.22. The molecule has 0 fully saturated rings. The normalized spacial score (nSPS) is 11.6. The molecule has 0 aliphatic heterocycles. The Bertz CT molecular complexity index is 434. The molecule has 1 heterocycles. The van der Waals surface area contributed by atoms with Crippen LogP contribution in [0.25, 0.3) is 0 Å². The molecule has 0 spiro atoms. The lowest BCUT2D eigenvalue weighted by Gasteiger charge is -2.07. The largest absolute Gasteiger partial charge is 0.317 e. The molecule has 1 aromatic rings. The van der Waals surface area contributed by atoms with Gasteiger partial charge in [0.1, 0.15) is 0 Å². The minimum absolute atomic E-state index is 0.181. The fourth-order valence-corrected chi connectivity index (χ4v) is 2.74. The van der Waals surface area contributed by atoms with Crippen LogP contribution in [0.2, 0.25) is 0 Å². The van der Waals surface area contributed by atoms with Crippen LogP contribution in [-0.2, 0) is 16.4 Å². The van der Waals surface area contributed by atoms with E-state index in [2.05, 4.69) is 21.9 Å². The summed E-state index contributed by atoms with van der Waals surface area (Å²) in [4.78, 5) is 3.92. The van der Waals surface area contributed by atoms with Crippen molar-refractivity contribution in [2.75, 3.05) is 25.4 Å². The molecule has 0 bridgehead atoms. The number of aromatic nitrogens is 1. The maximum Gasteiger partial charge on any atom is 0.211 e. The summed E-state index contributed by atoms with van der Waals surface area (Å²) in [5, 5.41) is 3.19. The maximum atomic E-state index is 11.7. The average Bonchev–Trinajstić information content (AvgIpc) is 2.39. The third-order valence-corrected chi connectivity index (χ3v) is 4.15. The summed E-state index contributed by atoms with van der Waals surface area (Å²) in [5.74, 6) is 0.181. The van der Waals surface area contributed by atoms with Crippen LogP contribution >= 0.6 is 0 Å². The fourth-order valence-electron chi connectivity index (χ4n) is 1.66. The molecule has 0 aliphatic rings. The molecule has 0 radical (unpaired) electrons. The minimum atomic E-state index is -3.14. The van der Waals surface area contributed by atoms with Gasteiger partial charge in [0, 0.05) is 18.9 Å². The van der Waals surface area contributed by atoms with E-state index < -0.39 is 10.0 Å². The highest BCUT2D eigenvalue weighted by Crippen LogP contribution is 1.97. The van der Waals surface area contributed by atoms with E-state index in [0.717, 1.165) is 25.1 Å². The zero-order valence-corrected chi connectivity index (χ0v) is 12.2. The lowest BCUT2D eigenvalue weighted by atomic mass is 10.2. The van der Waals surface area contributed by atoms with Gasteiger partial charge in [0.2, 0.25) is 10.0 Å². The Hall–Kier alpha value is -0.980. The van der Waals surface area contributed by atoms with Crippen LogP contribution in [0.15, 0.2) is 24.5 Å². The fraction of sp³-hybridized carbons (Fsp3) is 0.615. The lowest BCUT2D eigenvalue weighted by molar-refractivity contribution is 0.574. The molecule has 5 nitrogen and oxygen atoms in total. The van der Waals surface area contributed by atoms with Crippen molar-refractivity contribution >= 4 is 10.0 Å². The smallest absolute Gasteiger partial charge is 0.211 e. The van der Waals surface area contributed by atoms with Crippen molar-refractivity contribution in [1.82, 2.24) is 15.0 Å². The molecule has 1 aromatic heterocycles. The first-order valence-corrected chi connectivity index (χ1v) is 8.36. The molecule has 0 saturated carbocycles. The predicted octanol–water partition coefficient (Wildman–Crippen LogP) is 0.933. The van der Waals surface area contributed by atoms with E-state index in [1.807, 2.05) is 12.1 Å². The molecule has 0 amide bonds. The van der Waals surface area contributed by atoms with Crippen molar-refractivity contribution in [3.8, 4) is 0 Å². The van der Waals surface area contributed by atoms with Gasteiger partial charge < -0.3 is 5.32 Å². The van der Waals surface area contributed by atoms with Crippen molar-refractivity contribution in [2.45, 2.75) is 26.2 Å². The van der Waals surface area contributed by atoms with E-state index in [1.165, 1.54) is 0 Å². The Labute approximate surface area is 115 Å². The summed E-state index contributed by atoms with van der Waals surface area (Å²) in [6, 6.07) is 3.78. The van der Waals surface area contributed by atoms with Gasteiger partial charge in [-0.3, -0.25) is 4.98 Å². The van der Waals surface area contributed by atoms with Crippen LogP contribution in [0.5, 0.6) is 0 Å². The second-order valence-electron chi connectivity index (χ2n) is 4.42. The molecule has 0 aliphatic carbocycles. The molecule has 0 saturated heterocycles. The monoisotopic (exact) mass is 285 g/mol. The Morgan fingerprint density at radius 3 is 2.58 bits per heavy atom. The van der Waals surface area contributed by atoms with Crippen molar-refractivity contribution in [1.29, 1.82) is 0 Å². The van der Waals surface area contributed by atoms with E-state index in [1.54, 1.807) is 12.4 Å². The summed E-state index contributed by atoms with van der Waals surface area (Å²) in [7, 11) is -3.14. The van der Waals surface area contributed by atoms with Crippen LogP contribution in [-0.4, -0.2) is 38.8 Å². The summed E-state index contributed by atoms with van der Waals surface area (Å²) in [5.41, 5.74) is 1.09. The predicted molar refractivity (Wildman–Crippen MR) is 77.5 cm³/mol. The standard InChI is InChI=1S/C13H23N3O2S/c1-2-7-14-8-3-12-19(17,18)16-11-6-13-4-9-15-10-5-13/h4-5,9-10,14,16H,2-3,6-8,11-12H2,1H3. The number of nitrogens with one attached hydrogen (secondary N) is 2. The number of hydrogen-bond acceptors (Lipinski definition) is 4. The first kappa shape index (κ1) is 16.1. The molecule has 6 heteroatoms. The third-order valence-electron chi connectivity index (χ3n) is 2.68. The highest BCUT2D eigenvalue weighted by Gasteiger charge is 2.08. The highest BCUT2D eigenvalue weighted by atomic mass is 32.2. The van der Waals surface area contributed by atoms with Crippen LogP contribution in [0.4, 0.5) is 0 Å². The Morgan fingerprint density at radius 2 is 1.89 bits per heavy atom. The van der Waals surface area contributed by atoms with Gasteiger partial charge in [0.05, 0.1) is 5.75 Å². The van der Waals surface area contributed by atoms with E-state index >= 15 is 0 Å². The quantitative estimate of drug-likeness (QED) is 0.628. The first-order chi connectivity index (χ1) is 9.14. The number of sulfonamides is 1. The van der Waals surface area contributed by atoms with Crippen molar-refractivity contribution in [2.24, 2.45) is 0 Å². The molecule has 2 N–H and O–H groups in total. The van der Waals surface area contributed by atoms with Gasteiger partial charge in [-0.1, -0.05) is 6.92 Å². The van der Waals surface area contributed by atoms with Crippen molar-refractivity contribution in [3.05, 3.63) is 30.1 Å². The van der Waals surface area contributed by atoms with Crippen molar-refractivity contribution in [3.63, 3.8) is 0 Å². The van der Waals surface area contributed by atoms with Gasteiger partial charge in [-0.15, -0.1) is 0 Å². The third kappa shape index (κ3) is 7.92. The zero-order chi connectivity index (χ0) is 14.0. The second kappa shape index (κ2) is 9.01. The summed E-state index contributed by atoms with van der Waals surface area (Å²) < 4.78 is 26.0. The minimum Gasteiger partial charge on any atom is -0.317 e. The summed E-state index contributed by atoms with van der Waals surface area (Å²) >= 11 is 0. The van der Waals surface area contributed by atoms with Crippen LogP contribution in [0.3, 0.4) is 0 Å². The molecule has 0 atom stereocenters. The van der Waals surface area contributed by atoms with Gasteiger partial charge in [-0.25, -0.2) is 13.1 Å². The highest BCUT2D eigenvalue weighted by molar-refractivity contribution is 7.89. The van der Waals surface area contributed by atoms with Gasteiger partial charge >= 0.3 is 0 Å². The second-order valence-corrected chi connectivity index (χ2v) is 6.35. The van der Waals surface area contributed by atoms with E-state index in [9.17, 15) is 8.42 Å². The van der Waals surface area contributed by atoms with Crippen LogP contribution in [0, 0.1) is 0 Å². The molecular formula is C13H23N3O2S. The Morgan fingerprint density at radius 1 is 1.16 bits per heavy atom. The van der Waals surface area contributed by atoms with Crippen LogP contribution < -0.4 is 10.0 Å². The van der Waals surface area contributed by atoms with Crippen LogP contribution in [0.1, 0.15) is 25.3 Å². The SMILES string of the molecule is CCCNCCCS(=O)(=O)NCCc1ccncc1. The van der Waals surface area contributed by atoms with Gasteiger partial charge in [0.15, 0.2) is 0 Å². The van der Waals surface area contributed by atoms with E-state index in [-0.39, 0.29) is 5.75 Å². The first-order valence-electron chi connectivity index (χ1n) is 6.71. The Balaban J connectivity index is 2.16. The average molecular weight is 285 g/mol. The Kier molecular flexibility index (Phi) is 7.62. The lowest BCUT2D eigenvalue weighted by Crippen LogP contribution is -2.30. The van der Waals surface area contributed by atoms with Gasteiger partial charge in [0.25, 0.3) is 0 Å². The molecule has 1 rings (SSSR count). The van der Waals surface area contributed by atoms with Crippen molar-refractivity contribution < 1.29 is 8.42 Å². The van der Waals surface area contributed by atoms with Gasteiger partial charge in [-0.05, 0) is 50.0 Å². The number of rotatable bonds is 10. The number of pyridine rings is 1. The van der Waals surface area contributed by atoms with Gasteiger partial charge in [-0.2, -0.15) is 0 Å².